The largest absolute Gasteiger partial charge is 0.497 e. The van der Waals surface area contributed by atoms with Gasteiger partial charge >= 0.3 is 0 Å². The van der Waals surface area contributed by atoms with Crippen LogP contribution < -0.4 is 9.47 Å². The molecule has 6 nitrogen and oxygen atoms in total. The van der Waals surface area contributed by atoms with Crippen molar-refractivity contribution in [2.45, 2.75) is 45.1 Å². The molecule has 1 fully saturated rings. The van der Waals surface area contributed by atoms with Crippen LogP contribution in [0.5, 0.6) is 11.5 Å². The summed E-state index contributed by atoms with van der Waals surface area (Å²) in [5.41, 5.74) is 0.912. The number of benzene rings is 1. The fraction of sp³-hybridized carbons (Fsp3) is 0.632. The van der Waals surface area contributed by atoms with E-state index in [0.717, 1.165) is 29.9 Å². The van der Waals surface area contributed by atoms with Crippen LogP contribution in [0.25, 0.3) is 0 Å². The molecule has 1 saturated heterocycles. The Labute approximate surface area is 156 Å². The SMILES string of the molecule is CCCCN(C(=O)CCc1cc(OC)ccc1OC)C1CCS(=O)(=O)C1. The lowest BCUT2D eigenvalue weighted by atomic mass is 10.1. The molecule has 1 aromatic rings. The zero-order valence-corrected chi connectivity index (χ0v) is 16.7. The first kappa shape index (κ1) is 20.6. The lowest BCUT2D eigenvalue weighted by Crippen LogP contribution is -2.41. The first-order valence-corrected chi connectivity index (χ1v) is 10.9. The van der Waals surface area contributed by atoms with Crippen molar-refractivity contribution in [3.8, 4) is 11.5 Å². The fourth-order valence-corrected chi connectivity index (χ4v) is 5.05. The van der Waals surface area contributed by atoms with Crippen LogP contribution in [0.3, 0.4) is 0 Å². The van der Waals surface area contributed by atoms with Crippen LogP contribution >= 0.6 is 0 Å². The molecule has 1 atom stereocenters. The predicted molar refractivity (Wildman–Crippen MR) is 102 cm³/mol. The van der Waals surface area contributed by atoms with Gasteiger partial charge in [-0.2, -0.15) is 0 Å². The molecular formula is C19H29NO5S. The summed E-state index contributed by atoms with van der Waals surface area (Å²) >= 11 is 0. The monoisotopic (exact) mass is 383 g/mol. The van der Waals surface area contributed by atoms with E-state index in [4.69, 9.17) is 9.47 Å². The molecule has 0 aromatic heterocycles. The third kappa shape index (κ3) is 5.37. The van der Waals surface area contributed by atoms with Gasteiger partial charge in [0.2, 0.25) is 5.91 Å². The second-order valence-corrected chi connectivity index (χ2v) is 8.90. The molecule has 0 spiro atoms. The molecule has 0 N–H and O–H groups in total. The molecule has 2 rings (SSSR count). The Bertz CT molecular complexity index is 717. The molecule has 1 aliphatic heterocycles. The fourth-order valence-electron chi connectivity index (χ4n) is 3.32. The minimum absolute atomic E-state index is 0.00502. The number of methoxy groups -OCH3 is 2. The summed E-state index contributed by atoms with van der Waals surface area (Å²) in [4.78, 5) is 14.6. The number of ether oxygens (including phenoxy) is 2. The van der Waals surface area contributed by atoms with Gasteiger partial charge in [0.05, 0.1) is 25.7 Å². The van der Waals surface area contributed by atoms with Crippen molar-refractivity contribution >= 4 is 15.7 Å². The summed E-state index contributed by atoms with van der Waals surface area (Å²) in [5, 5.41) is 0. The predicted octanol–water partition coefficient (Wildman–Crippen LogP) is 2.45. The maximum atomic E-state index is 12.8. The highest BCUT2D eigenvalue weighted by Gasteiger charge is 2.34. The molecule has 26 heavy (non-hydrogen) atoms. The van der Waals surface area contributed by atoms with Gasteiger partial charge in [0.1, 0.15) is 11.5 Å². The van der Waals surface area contributed by atoms with Crippen molar-refractivity contribution in [1.29, 1.82) is 0 Å². The summed E-state index contributed by atoms with van der Waals surface area (Å²) in [7, 11) is 0.186. The molecule has 1 heterocycles. The van der Waals surface area contributed by atoms with E-state index < -0.39 is 9.84 Å². The first-order chi connectivity index (χ1) is 12.4. The lowest BCUT2D eigenvalue weighted by Gasteiger charge is -2.28. The number of sulfone groups is 1. The van der Waals surface area contributed by atoms with Crippen molar-refractivity contribution in [3.05, 3.63) is 23.8 Å². The molecule has 0 bridgehead atoms. The molecule has 146 valence electrons. The van der Waals surface area contributed by atoms with E-state index in [1.165, 1.54) is 0 Å². The summed E-state index contributed by atoms with van der Waals surface area (Å²) < 4.78 is 34.2. The molecule has 7 heteroatoms. The van der Waals surface area contributed by atoms with E-state index >= 15 is 0 Å². The van der Waals surface area contributed by atoms with Crippen LogP contribution in [0.2, 0.25) is 0 Å². The first-order valence-electron chi connectivity index (χ1n) is 9.11. The van der Waals surface area contributed by atoms with E-state index in [1.54, 1.807) is 19.1 Å². The highest BCUT2D eigenvalue weighted by Crippen LogP contribution is 2.26. The van der Waals surface area contributed by atoms with Gasteiger partial charge in [-0.1, -0.05) is 13.3 Å². The van der Waals surface area contributed by atoms with E-state index in [9.17, 15) is 13.2 Å². The van der Waals surface area contributed by atoms with Crippen molar-refractivity contribution in [1.82, 2.24) is 4.90 Å². The van der Waals surface area contributed by atoms with E-state index in [0.29, 0.717) is 25.8 Å². The number of unbranched alkanes of at least 4 members (excludes halogenated alkanes) is 1. The average molecular weight is 384 g/mol. The highest BCUT2D eigenvalue weighted by molar-refractivity contribution is 7.91. The summed E-state index contributed by atoms with van der Waals surface area (Å²) in [6.45, 7) is 2.68. The summed E-state index contributed by atoms with van der Waals surface area (Å²) in [5.74, 6) is 1.72. The smallest absolute Gasteiger partial charge is 0.223 e. The zero-order chi connectivity index (χ0) is 19.2. The third-order valence-electron chi connectivity index (χ3n) is 4.82. The Morgan fingerprint density at radius 3 is 2.62 bits per heavy atom. The number of amides is 1. The maximum Gasteiger partial charge on any atom is 0.223 e. The second-order valence-electron chi connectivity index (χ2n) is 6.68. The molecule has 0 aliphatic carbocycles. The minimum Gasteiger partial charge on any atom is -0.497 e. The number of hydrogen-bond acceptors (Lipinski definition) is 5. The van der Waals surface area contributed by atoms with Crippen LogP contribution in [-0.4, -0.2) is 57.5 Å². The number of carbonyl (C=O) groups excluding carboxylic acids is 1. The van der Waals surface area contributed by atoms with Crippen LogP contribution in [0.1, 0.15) is 38.2 Å². The van der Waals surface area contributed by atoms with Crippen LogP contribution in [0, 0.1) is 0 Å². The van der Waals surface area contributed by atoms with Crippen molar-refractivity contribution < 1.29 is 22.7 Å². The zero-order valence-electron chi connectivity index (χ0n) is 15.9. The average Bonchev–Trinajstić information content (AvgIpc) is 2.99. The van der Waals surface area contributed by atoms with Gasteiger partial charge in [-0.25, -0.2) is 8.42 Å². The molecule has 0 saturated carbocycles. The number of hydrogen-bond donors (Lipinski definition) is 0. The van der Waals surface area contributed by atoms with Crippen LogP contribution in [0.15, 0.2) is 18.2 Å². The Morgan fingerprint density at radius 1 is 1.27 bits per heavy atom. The van der Waals surface area contributed by atoms with Gasteiger partial charge in [0.25, 0.3) is 0 Å². The number of nitrogens with zero attached hydrogens (tertiary/aromatic N) is 1. The Hall–Kier alpha value is -1.76. The molecule has 0 radical (unpaired) electrons. The Kier molecular flexibility index (Phi) is 7.32. The van der Waals surface area contributed by atoms with E-state index in [-0.39, 0.29) is 23.5 Å². The Balaban J connectivity index is 2.07. The van der Waals surface area contributed by atoms with Gasteiger partial charge in [0, 0.05) is 19.0 Å². The van der Waals surface area contributed by atoms with Crippen LogP contribution in [0.4, 0.5) is 0 Å². The van der Waals surface area contributed by atoms with Crippen LogP contribution in [-0.2, 0) is 21.1 Å². The summed E-state index contributed by atoms with van der Waals surface area (Å²) in [6.07, 6.45) is 3.24. The molecule has 1 amide bonds. The van der Waals surface area contributed by atoms with Gasteiger partial charge in [-0.3, -0.25) is 4.79 Å². The molecule has 1 aromatic carbocycles. The van der Waals surface area contributed by atoms with Gasteiger partial charge in [-0.05, 0) is 43.0 Å². The molecule has 1 unspecified atom stereocenters. The topological polar surface area (TPSA) is 72.9 Å². The van der Waals surface area contributed by atoms with Gasteiger partial charge in [0.15, 0.2) is 9.84 Å². The second kappa shape index (κ2) is 9.26. The number of aryl methyl sites for hydroxylation is 1. The van der Waals surface area contributed by atoms with E-state index in [1.807, 2.05) is 18.2 Å². The van der Waals surface area contributed by atoms with Crippen molar-refractivity contribution in [3.63, 3.8) is 0 Å². The van der Waals surface area contributed by atoms with Gasteiger partial charge < -0.3 is 14.4 Å². The molecular weight excluding hydrogens is 354 g/mol. The van der Waals surface area contributed by atoms with Gasteiger partial charge in [-0.15, -0.1) is 0 Å². The minimum atomic E-state index is -3.02. The quantitative estimate of drug-likeness (QED) is 0.655. The number of carbonyl (C=O) groups is 1. The highest BCUT2D eigenvalue weighted by atomic mass is 32.2. The Morgan fingerprint density at radius 2 is 2.04 bits per heavy atom. The van der Waals surface area contributed by atoms with E-state index in [2.05, 4.69) is 6.92 Å². The standard InChI is InChI=1S/C19H29NO5S/c1-4-5-11-20(16-10-12-26(22,23)14-16)19(21)9-6-15-13-17(24-2)7-8-18(15)25-3/h7-8,13,16H,4-6,9-12,14H2,1-3H3. The van der Waals surface area contributed by atoms with Crippen molar-refractivity contribution in [2.75, 3.05) is 32.3 Å². The maximum absolute atomic E-state index is 12.8. The molecule has 1 aliphatic rings. The summed E-state index contributed by atoms with van der Waals surface area (Å²) in [6, 6.07) is 5.34. The van der Waals surface area contributed by atoms with Crippen molar-refractivity contribution in [2.24, 2.45) is 0 Å². The normalized spacial score (nSPS) is 18.5. The lowest BCUT2D eigenvalue weighted by molar-refractivity contribution is -0.133. The number of rotatable bonds is 9. The third-order valence-corrected chi connectivity index (χ3v) is 6.57.